The van der Waals surface area contributed by atoms with Crippen molar-refractivity contribution in [1.82, 2.24) is 0 Å². The van der Waals surface area contributed by atoms with Crippen LogP contribution in [0.25, 0.3) is 0 Å². The van der Waals surface area contributed by atoms with Gasteiger partial charge in [-0.2, -0.15) is 0 Å². The second-order valence-corrected chi connectivity index (χ2v) is 5.31. The van der Waals surface area contributed by atoms with Gasteiger partial charge in [0.25, 0.3) is 0 Å². The first-order valence-corrected chi connectivity index (χ1v) is 5.98. The Hall–Kier alpha value is -1.11. The molecule has 0 unspecified atom stereocenters. The molecule has 1 heteroatoms. The summed E-state index contributed by atoms with van der Waals surface area (Å²) < 4.78 is 0. The molecule has 0 aromatic carbocycles. The van der Waals surface area contributed by atoms with E-state index >= 15 is 0 Å². The van der Waals surface area contributed by atoms with Crippen molar-refractivity contribution >= 4 is 6.29 Å². The van der Waals surface area contributed by atoms with E-state index in [1.807, 2.05) is 13.0 Å². The van der Waals surface area contributed by atoms with Crippen molar-refractivity contribution in [2.45, 2.75) is 47.0 Å². The van der Waals surface area contributed by atoms with Gasteiger partial charge in [-0.05, 0) is 55.7 Å². The highest BCUT2D eigenvalue weighted by atomic mass is 16.1. The van der Waals surface area contributed by atoms with Gasteiger partial charge in [0, 0.05) is 0 Å². The SMILES string of the molecule is CC1=C(/C=C/C(C)=C\C=O)C(C)(C)CCC1. The third-order valence-corrected chi connectivity index (χ3v) is 3.39. The van der Waals surface area contributed by atoms with Crippen LogP contribution in [0.5, 0.6) is 0 Å². The molecule has 0 heterocycles. The van der Waals surface area contributed by atoms with Crippen molar-refractivity contribution in [2.24, 2.45) is 5.41 Å². The minimum atomic E-state index is 0.278. The minimum absolute atomic E-state index is 0.278. The molecule has 0 saturated heterocycles. The Morgan fingerprint density at radius 3 is 2.62 bits per heavy atom. The number of carbonyl (C=O) groups excluding carboxylic acids is 1. The maximum absolute atomic E-state index is 10.3. The molecule has 0 aliphatic heterocycles. The second kappa shape index (κ2) is 5.29. The number of allylic oxidation sites excluding steroid dienone is 6. The summed E-state index contributed by atoms with van der Waals surface area (Å²) in [5.74, 6) is 0. The van der Waals surface area contributed by atoms with Crippen LogP contribution in [-0.2, 0) is 4.79 Å². The van der Waals surface area contributed by atoms with E-state index in [-0.39, 0.29) is 5.41 Å². The van der Waals surface area contributed by atoms with E-state index in [9.17, 15) is 4.79 Å². The number of hydrogen-bond acceptors (Lipinski definition) is 1. The summed E-state index contributed by atoms with van der Waals surface area (Å²) in [5.41, 5.74) is 4.22. The van der Waals surface area contributed by atoms with E-state index in [0.717, 1.165) is 11.9 Å². The Balaban J connectivity index is 2.93. The predicted octanol–water partition coefficient (Wildman–Crippen LogP) is 4.21. The van der Waals surface area contributed by atoms with Crippen LogP contribution in [0.3, 0.4) is 0 Å². The first-order chi connectivity index (χ1) is 7.47. The molecule has 1 rings (SSSR count). The van der Waals surface area contributed by atoms with Crippen LogP contribution in [0.1, 0.15) is 47.0 Å². The monoisotopic (exact) mass is 218 g/mol. The Labute approximate surface area is 98.9 Å². The molecule has 0 spiro atoms. The molecule has 16 heavy (non-hydrogen) atoms. The number of aldehydes is 1. The highest BCUT2D eigenvalue weighted by Crippen LogP contribution is 2.40. The van der Waals surface area contributed by atoms with Crippen LogP contribution in [-0.4, -0.2) is 6.29 Å². The van der Waals surface area contributed by atoms with Crippen LogP contribution in [0.15, 0.2) is 34.9 Å². The molecule has 0 amide bonds. The number of carbonyl (C=O) groups is 1. The van der Waals surface area contributed by atoms with E-state index in [2.05, 4.69) is 26.8 Å². The van der Waals surface area contributed by atoms with E-state index in [0.29, 0.717) is 0 Å². The van der Waals surface area contributed by atoms with Gasteiger partial charge in [-0.1, -0.05) is 31.6 Å². The van der Waals surface area contributed by atoms with Crippen molar-refractivity contribution in [1.29, 1.82) is 0 Å². The minimum Gasteiger partial charge on any atom is -0.299 e. The quantitative estimate of drug-likeness (QED) is 0.394. The fourth-order valence-corrected chi connectivity index (χ4v) is 2.39. The van der Waals surface area contributed by atoms with Gasteiger partial charge in [-0.3, -0.25) is 4.79 Å². The summed E-state index contributed by atoms with van der Waals surface area (Å²) in [6.45, 7) is 8.78. The van der Waals surface area contributed by atoms with Crippen molar-refractivity contribution in [3.63, 3.8) is 0 Å². The third kappa shape index (κ3) is 3.19. The van der Waals surface area contributed by atoms with Gasteiger partial charge in [0.2, 0.25) is 0 Å². The van der Waals surface area contributed by atoms with E-state index < -0.39 is 0 Å². The zero-order valence-electron chi connectivity index (χ0n) is 10.8. The summed E-state index contributed by atoms with van der Waals surface area (Å²) in [6.07, 6.45) is 10.4. The van der Waals surface area contributed by atoms with Crippen molar-refractivity contribution < 1.29 is 4.79 Å². The van der Waals surface area contributed by atoms with Gasteiger partial charge < -0.3 is 0 Å². The summed E-state index contributed by atoms with van der Waals surface area (Å²) >= 11 is 0. The third-order valence-electron chi connectivity index (χ3n) is 3.39. The Bertz CT molecular complexity index is 354. The fourth-order valence-electron chi connectivity index (χ4n) is 2.39. The predicted molar refractivity (Wildman–Crippen MR) is 69.3 cm³/mol. The number of rotatable bonds is 3. The van der Waals surface area contributed by atoms with Gasteiger partial charge in [0.1, 0.15) is 6.29 Å². The Morgan fingerprint density at radius 1 is 1.38 bits per heavy atom. The van der Waals surface area contributed by atoms with Gasteiger partial charge in [0.05, 0.1) is 0 Å². The van der Waals surface area contributed by atoms with Crippen molar-refractivity contribution in [2.75, 3.05) is 0 Å². The van der Waals surface area contributed by atoms with Crippen molar-refractivity contribution in [3.05, 3.63) is 34.9 Å². The molecule has 1 aliphatic carbocycles. The maximum Gasteiger partial charge on any atom is 0.143 e. The largest absolute Gasteiger partial charge is 0.299 e. The summed E-state index contributed by atoms with van der Waals surface area (Å²) in [6, 6.07) is 0. The summed E-state index contributed by atoms with van der Waals surface area (Å²) in [4.78, 5) is 10.3. The second-order valence-electron chi connectivity index (χ2n) is 5.31. The standard InChI is InChI=1S/C15H22O/c1-12(9-11-16)7-8-14-13(2)6-5-10-15(14,3)4/h7-9,11H,5-6,10H2,1-4H3/b8-7+,12-9-. The zero-order valence-corrected chi connectivity index (χ0v) is 10.8. The lowest BCUT2D eigenvalue weighted by molar-refractivity contribution is -0.104. The van der Waals surface area contributed by atoms with Gasteiger partial charge >= 0.3 is 0 Å². The molecule has 0 N–H and O–H groups in total. The first kappa shape index (κ1) is 13.0. The van der Waals surface area contributed by atoms with Gasteiger partial charge in [0.15, 0.2) is 0 Å². The molecular weight excluding hydrogens is 196 g/mol. The molecule has 0 saturated carbocycles. The summed E-state index contributed by atoms with van der Waals surface area (Å²) in [5, 5.41) is 0. The zero-order chi connectivity index (χ0) is 12.2. The molecule has 88 valence electrons. The number of hydrogen-bond donors (Lipinski definition) is 0. The molecule has 0 fully saturated rings. The van der Waals surface area contributed by atoms with Crippen LogP contribution in [0.2, 0.25) is 0 Å². The van der Waals surface area contributed by atoms with Gasteiger partial charge in [-0.25, -0.2) is 0 Å². The first-order valence-electron chi connectivity index (χ1n) is 5.98. The topological polar surface area (TPSA) is 17.1 Å². The van der Waals surface area contributed by atoms with Crippen LogP contribution >= 0.6 is 0 Å². The molecule has 0 aromatic rings. The van der Waals surface area contributed by atoms with E-state index in [1.54, 1.807) is 6.08 Å². The van der Waals surface area contributed by atoms with E-state index in [4.69, 9.17) is 0 Å². The highest BCUT2D eigenvalue weighted by Gasteiger charge is 2.26. The molecule has 1 nitrogen and oxygen atoms in total. The average Bonchev–Trinajstić information content (AvgIpc) is 2.16. The highest BCUT2D eigenvalue weighted by molar-refractivity contribution is 5.67. The Morgan fingerprint density at radius 2 is 2.06 bits per heavy atom. The molecule has 0 bridgehead atoms. The Kier molecular flexibility index (Phi) is 4.28. The lowest BCUT2D eigenvalue weighted by Crippen LogP contribution is -2.19. The molecule has 1 aliphatic rings. The maximum atomic E-state index is 10.3. The van der Waals surface area contributed by atoms with Crippen LogP contribution in [0.4, 0.5) is 0 Å². The molecule has 0 aromatic heterocycles. The fraction of sp³-hybridized carbons (Fsp3) is 0.533. The lowest BCUT2D eigenvalue weighted by atomic mass is 9.72. The van der Waals surface area contributed by atoms with Crippen LogP contribution < -0.4 is 0 Å². The molecule has 0 radical (unpaired) electrons. The normalized spacial score (nSPS) is 21.6. The summed E-state index contributed by atoms with van der Waals surface area (Å²) in [7, 11) is 0. The molecule has 0 atom stereocenters. The average molecular weight is 218 g/mol. The van der Waals surface area contributed by atoms with Crippen molar-refractivity contribution in [3.8, 4) is 0 Å². The molecular formula is C15H22O. The van der Waals surface area contributed by atoms with Gasteiger partial charge in [-0.15, -0.1) is 0 Å². The smallest absolute Gasteiger partial charge is 0.143 e. The van der Waals surface area contributed by atoms with E-state index in [1.165, 1.54) is 30.4 Å². The lowest BCUT2D eigenvalue weighted by Gasteiger charge is -2.32. The van der Waals surface area contributed by atoms with Crippen LogP contribution in [0, 0.1) is 5.41 Å².